The third-order valence-corrected chi connectivity index (χ3v) is 4.03. The van der Waals surface area contributed by atoms with Crippen molar-refractivity contribution in [2.45, 2.75) is 6.92 Å². The van der Waals surface area contributed by atoms with Gasteiger partial charge in [-0.15, -0.1) is 0 Å². The Morgan fingerprint density at radius 2 is 1.69 bits per heavy atom. The zero-order valence-corrected chi connectivity index (χ0v) is 16.1. The molecule has 1 amide bonds. The Bertz CT molecular complexity index is 986. The number of esters is 1. The van der Waals surface area contributed by atoms with Crippen LogP contribution in [0.15, 0.2) is 66.9 Å². The van der Waals surface area contributed by atoms with Crippen LogP contribution < -0.4 is 15.4 Å². The van der Waals surface area contributed by atoms with Gasteiger partial charge < -0.3 is 20.1 Å². The molecular weight excluding hydrogens is 370 g/mol. The van der Waals surface area contributed by atoms with E-state index in [4.69, 9.17) is 9.47 Å². The maximum absolute atomic E-state index is 12.5. The lowest BCUT2D eigenvalue weighted by atomic mass is 10.1. The van der Waals surface area contributed by atoms with E-state index in [1.807, 2.05) is 31.2 Å². The summed E-state index contributed by atoms with van der Waals surface area (Å²) in [6.07, 6.45) is 1.57. The van der Waals surface area contributed by atoms with Crippen LogP contribution in [0.25, 0.3) is 0 Å². The van der Waals surface area contributed by atoms with Crippen LogP contribution in [-0.4, -0.2) is 30.6 Å². The Labute approximate surface area is 168 Å². The number of methoxy groups -OCH3 is 1. The van der Waals surface area contributed by atoms with E-state index in [1.54, 1.807) is 42.6 Å². The van der Waals surface area contributed by atoms with Crippen molar-refractivity contribution in [3.05, 3.63) is 78.1 Å². The number of nitrogens with zero attached hydrogens (tertiary/aromatic N) is 1. The van der Waals surface area contributed by atoms with Crippen molar-refractivity contribution < 1.29 is 19.1 Å². The average molecular weight is 391 g/mol. The lowest BCUT2D eigenvalue weighted by Crippen LogP contribution is -2.16. The van der Waals surface area contributed by atoms with Crippen LogP contribution in [0.4, 0.5) is 17.1 Å². The van der Waals surface area contributed by atoms with Crippen molar-refractivity contribution in [1.82, 2.24) is 4.98 Å². The monoisotopic (exact) mass is 391 g/mol. The summed E-state index contributed by atoms with van der Waals surface area (Å²) in [6.45, 7) is 2.55. The number of hydrogen-bond acceptors (Lipinski definition) is 6. The summed E-state index contributed by atoms with van der Waals surface area (Å²) in [5.74, 6) is -0.145. The minimum Gasteiger partial charge on any atom is -0.494 e. The molecule has 2 N–H and O–H groups in total. The maximum atomic E-state index is 12.5. The number of amides is 1. The number of ether oxygens (including phenoxy) is 2. The number of carbonyl (C=O) groups is 2. The number of aromatic nitrogens is 1. The molecule has 0 saturated heterocycles. The topological polar surface area (TPSA) is 89.6 Å². The number of hydrogen-bond donors (Lipinski definition) is 2. The molecule has 0 spiro atoms. The van der Waals surface area contributed by atoms with Crippen molar-refractivity contribution >= 4 is 28.9 Å². The molecule has 0 aliphatic heterocycles. The van der Waals surface area contributed by atoms with Gasteiger partial charge in [-0.25, -0.2) is 9.78 Å². The van der Waals surface area contributed by atoms with Crippen LogP contribution >= 0.6 is 0 Å². The van der Waals surface area contributed by atoms with Crippen molar-refractivity contribution in [2.24, 2.45) is 0 Å². The zero-order chi connectivity index (χ0) is 20.6. The first-order valence-electron chi connectivity index (χ1n) is 9.05. The van der Waals surface area contributed by atoms with Crippen LogP contribution in [0.2, 0.25) is 0 Å². The Morgan fingerprint density at radius 1 is 0.966 bits per heavy atom. The second kappa shape index (κ2) is 9.36. The minimum absolute atomic E-state index is 0.224. The van der Waals surface area contributed by atoms with Crippen LogP contribution in [-0.2, 0) is 4.74 Å². The summed E-state index contributed by atoms with van der Waals surface area (Å²) in [4.78, 5) is 28.5. The van der Waals surface area contributed by atoms with Gasteiger partial charge in [0.15, 0.2) is 0 Å². The van der Waals surface area contributed by atoms with E-state index < -0.39 is 11.9 Å². The first-order valence-corrected chi connectivity index (χ1v) is 9.05. The van der Waals surface area contributed by atoms with E-state index in [1.165, 1.54) is 7.11 Å². The summed E-state index contributed by atoms with van der Waals surface area (Å²) in [5, 5.41) is 5.90. The quantitative estimate of drug-likeness (QED) is 0.585. The van der Waals surface area contributed by atoms with E-state index in [2.05, 4.69) is 15.6 Å². The lowest BCUT2D eigenvalue weighted by molar-refractivity contribution is 0.0602. The highest BCUT2D eigenvalue weighted by atomic mass is 16.5. The number of anilines is 3. The average Bonchev–Trinajstić information content (AvgIpc) is 2.75. The SMILES string of the molecule is CCOc1ccc(Nc2ccc(C(=O)Nc3ccccc3C(=O)OC)nc2)cc1. The van der Waals surface area contributed by atoms with Gasteiger partial charge in [-0.2, -0.15) is 0 Å². The normalized spacial score (nSPS) is 10.1. The summed E-state index contributed by atoms with van der Waals surface area (Å²) < 4.78 is 10.2. The molecule has 7 nitrogen and oxygen atoms in total. The lowest BCUT2D eigenvalue weighted by Gasteiger charge is -2.10. The highest BCUT2D eigenvalue weighted by Crippen LogP contribution is 2.21. The predicted octanol–water partition coefficient (Wildman–Crippen LogP) is 4.26. The van der Waals surface area contributed by atoms with Gasteiger partial charge in [-0.05, 0) is 55.5 Å². The van der Waals surface area contributed by atoms with Gasteiger partial charge in [0.05, 0.1) is 36.9 Å². The number of benzene rings is 2. The molecule has 1 aromatic heterocycles. The fourth-order valence-electron chi connectivity index (χ4n) is 2.64. The Balaban J connectivity index is 1.67. The Kier molecular flexibility index (Phi) is 6.42. The van der Waals surface area contributed by atoms with Crippen LogP contribution in [0, 0.1) is 0 Å². The number of rotatable bonds is 7. The molecule has 0 aliphatic carbocycles. The maximum Gasteiger partial charge on any atom is 0.339 e. The van der Waals surface area contributed by atoms with Crippen LogP contribution in [0.1, 0.15) is 27.8 Å². The van der Waals surface area contributed by atoms with E-state index >= 15 is 0 Å². The van der Waals surface area contributed by atoms with Crippen LogP contribution in [0.3, 0.4) is 0 Å². The molecule has 0 unspecified atom stereocenters. The van der Waals surface area contributed by atoms with Crippen molar-refractivity contribution in [3.63, 3.8) is 0 Å². The third kappa shape index (κ3) is 5.10. The molecule has 0 atom stereocenters. The second-order valence-electron chi connectivity index (χ2n) is 6.01. The van der Waals surface area contributed by atoms with Gasteiger partial charge in [0.2, 0.25) is 0 Å². The molecule has 7 heteroatoms. The Hall–Kier alpha value is -3.87. The van der Waals surface area contributed by atoms with E-state index in [-0.39, 0.29) is 11.3 Å². The molecule has 0 saturated carbocycles. The highest BCUT2D eigenvalue weighted by Gasteiger charge is 2.15. The van der Waals surface area contributed by atoms with E-state index in [9.17, 15) is 9.59 Å². The first-order chi connectivity index (χ1) is 14.1. The molecule has 1 heterocycles. The fourth-order valence-corrected chi connectivity index (χ4v) is 2.64. The summed E-state index contributed by atoms with van der Waals surface area (Å²) in [6, 6.07) is 17.5. The first kappa shape index (κ1) is 19.9. The molecule has 3 aromatic rings. The van der Waals surface area contributed by atoms with Gasteiger partial charge in [0, 0.05) is 5.69 Å². The molecule has 0 aliphatic rings. The summed E-state index contributed by atoms with van der Waals surface area (Å²) >= 11 is 0. The number of pyridine rings is 1. The number of para-hydroxylation sites is 1. The third-order valence-electron chi connectivity index (χ3n) is 4.03. The molecule has 3 rings (SSSR count). The summed E-state index contributed by atoms with van der Waals surface area (Å²) in [5.41, 5.74) is 2.47. The molecule has 0 radical (unpaired) electrons. The molecule has 2 aromatic carbocycles. The molecule has 0 fully saturated rings. The van der Waals surface area contributed by atoms with Gasteiger partial charge in [0.25, 0.3) is 5.91 Å². The van der Waals surface area contributed by atoms with E-state index in [0.29, 0.717) is 12.3 Å². The largest absolute Gasteiger partial charge is 0.494 e. The van der Waals surface area contributed by atoms with E-state index in [0.717, 1.165) is 17.1 Å². The standard InChI is InChI=1S/C22H21N3O4/c1-3-29-17-11-8-15(9-12-17)24-16-10-13-20(23-14-16)21(26)25-19-7-5-4-6-18(19)22(27)28-2/h4-14,24H,3H2,1-2H3,(H,25,26). The zero-order valence-electron chi connectivity index (χ0n) is 16.1. The number of carbonyl (C=O) groups excluding carboxylic acids is 2. The molecule has 148 valence electrons. The Morgan fingerprint density at radius 3 is 2.34 bits per heavy atom. The van der Waals surface area contributed by atoms with Gasteiger partial charge in [0.1, 0.15) is 11.4 Å². The predicted molar refractivity (Wildman–Crippen MR) is 111 cm³/mol. The fraction of sp³-hybridized carbons (Fsp3) is 0.136. The van der Waals surface area contributed by atoms with Gasteiger partial charge in [-0.1, -0.05) is 12.1 Å². The smallest absolute Gasteiger partial charge is 0.339 e. The van der Waals surface area contributed by atoms with Crippen molar-refractivity contribution in [2.75, 3.05) is 24.4 Å². The number of nitrogens with one attached hydrogen (secondary N) is 2. The summed E-state index contributed by atoms with van der Waals surface area (Å²) in [7, 11) is 1.29. The molecule has 29 heavy (non-hydrogen) atoms. The van der Waals surface area contributed by atoms with Crippen molar-refractivity contribution in [3.8, 4) is 5.75 Å². The highest BCUT2D eigenvalue weighted by molar-refractivity contribution is 6.07. The van der Waals surface area contributed by atoms with Gasteiger partial charge >= 0.3 is 5.97 Å². The molecule has 0 bridgehead atoms. The minimum atomic E-state index is -0.524. The van der Waals surface area contributed by atoms with Crippen molar-refractivity contribution in [1.29, 1.82) is 0 Å². The van der Waals surface area contributed by atoms with Gasteiger partial charge in [-0.3, -0.25) is 4.79 Å². The van der Waals surface area contributed by atoms with Crippen LogP contribution in [0.5, 0.6) is 5.75 Å². The molecular formula is C22H21N3O4. The second-order valence-corrected chi connectivity index (χ2v) is 6.01.